The second kappa shape index (κ2) is 4.50. The van der Waals surface area contributed by atoms with Gasteiger partial charge in [-0.2, -0.15) is 0 Å². The first-order valence-electron chi connectivity index (χ1n) is 5.32. The zero-order valence-electron chi connectivity index (χ0n) is 8.60. The Morgan fingerprint density at radius 3 is 2.67 bits per heavy atom. The fourth-order valence-corrected chi connectivity index (χ4v) is 2.18. The summed E-state index contributed by atoms with van der Waals surface area (Å²) in [6.45, 7) is 1.40. The third-order valence-corrected chi connectivity index (χ3v) is 3.11. The summed E-state index contributed by atoms with van der Waals surface area (Å²) in [6.07, 6.45) is 2.06. The van der Waals surface area contributed by atoms with Gasteiger partial charge in [0.05, 0.1) is 0 Å². The summed E-state index contributed by atoms with van der Waals surface area (Å²) in [5.74, 6) is 0. The molecule has 1 saturated heterocycles. The van der Waals surface area contributed by atoms with Crippen molar-refractivity contribution in [3.05, 3.63) is 34.9 Å². The summed E-state index contributed by atoms with van der Waals surface area (Å²) in [6, 6.07) is 7.43. The summed E-state index contributed by atoms with van der Waals surface area (Å²) >= 11 is 5.78. The number of piperidine rings is 1. The first kappa shape index (κ1) is 10.9. The predicted octanol–water partition coefficient (Wildman–Crippen LogP) is 2.97. The van der Waals surface area contributed by atoms with Gasteiger partial charge in [0.2, 0.25) is 0 Å². The van der Waals surface area contributed by atoms with Crippen molar-refractivity contribution in [1.29, 1.82) is 0 Å². The lowest BCUT2D eigenvalue weighted by Crippen LogP contribution is -2.43. The van der Waals surface area contributed by atoms with E-state index in [-0.39, 0.29) is 0 Å². The van der Waals surface area contributed by atoms with Crippen LogP contribution in [0, 0.1) is 0 Å². The zero-order valence-corrected chi connectivity index (χ0v) is 9.36. The van der Waals surface area contributed by atoms with Gasteiger partial charge in [-0.15, -0.1) is 0 Å². The van der Waals surface area contributed by atoms with Crippen molar-refractivity contribution < 1.29 is 4.39 Å². The van der Waals surface area contributed by atoms with Crippen LogP contribution in [0.3, 0.4) is 0 Å². The highest BCUT2D eigenvalue weighted by Crippen LogP contribution is 2.26. The summed E-state index contributed by atoms with van der Waals surface area (Å²) in [4.78, 5) is 0. The van der Waals surface area contributed by atoms with Crippen LogP contribution < -0.4 is 5.32 Å². The second-order valence-corrected chi connectivity index (χ2v) is 4.67. The number of halogens is 2. The summed E-state index contributed by atoms with van der Waals surface area (Å²) < 4.78 is 14.3. The van der Waals surface area contributed by atoms with Crippen LogP contribution in [-0.2, 0) is 6.42 Å². The minimum Gasteiger partial charge on any atom is -0.314 e. The molecule has 0 bridgehead atoms. The molecular weight excluding hydrogens is 213 g/mol. The maximum atomic E-state index is 14.3. The SMILES string of the molecule is FC1(Cc2ccc(Cl)cc2)CCCNC1. The van der Waals surface area contributed by atoms with E-state index in [4.69, 9.17) is 11.6 Å². The number of alkyl halides is 1. The van der Waals surface area contributed by atoms with Crippen LogP contribution in [0.1, 0.15) is 18.4 Å². The van der Waals surface area contributed by atoms with E-state index in [2.05, 4.69) is 5.32 Å². The highest BCUT2D eigenvalue weighted by atomic mass is 35.5. The van der Waals surface area contributed by atoms with Crippen LogP contribution in [-0.4, -0.2) is 18.8 Å². The zero-order chi connectivity index (χ0) is 10.7. The minimum atomic E-state index is -1.08. The Morgan fingerprint density at radius 1 is 1.33 bits per heavy atom. The molecule has 1 heterocycles. The Kier molecular flexibility index (Phi) is 3.27. The predicted molar refractivity (Wildman–Crippen MR) is 61.1 cm³/mol. The van der Waals surface area contributed by atoms with Crippen LogP contribution in [0.4, 0.5) is 4.39 Å². The molecule has 0 spiro atoms. The van der Waals surface area contributed by atoms with Gasteiger partial charge < -0.3 is 5.32 Å². The molecule has 2 rings (SSSR count). The van der Waals surface area contributed by atoms with E-state index >= 15 is 0 Å². The van der Waals surface area contributed by atoms with E-state index in [1.807, 2.05) is 24.3 Å². The van der Waals surface area contributed by atoms with Gasteiger partial charge >= 0.3 is 0 Å². The summed E-state index contributed by atoms with van der Waals surface area (Å²) in [7, 11) is 0. The van der Waals surface area contributed by atoms with E-state index in [1.165, 1.54) is 0 Å². The van der Waals surface area contributed by atoms with Crippen molar-refractivity contribution in [3.63, 3.8) is 0 Å². The lowest BCUT2D eigenvalue weighted by atomic mass is 9.89. The Morgan fingerprint density at radius 2 is 2.07 bits per heavy atom. The van der Waals surface area contributed by atoms with E-state index in [1.54, 1.807) is 0 Å². The third kappa shape index (κ3) is 2.93. The average Bonchev–Trinajstić information content (AvgIpc) is 2.22. The molecule has 0 saturated carbocycles. The molecule has 0 aromatic heterocycles. The Labute approximate surface area is 94.6 Å². The fourth-order valence-electron chi connectivity index (χ4n) is 2.05. The van der Waals surface area contributed by atoms with E-state index in [9.17, 15) is 4.39 Å². The maximum Gasteiger partial charge on any atom is 0.127 e. The number of benzene rings is 1. The Bertz CT molecular complexity index is 317. The third-order valence-electron chi connectivity index (χ3n) is 2.85. The van der Waals surface area contributed by atoms with Gasteiger partial charge in [0, 0.05) is 18.0 Å². The largest absolute Gasteiger partial charge is 0.314 e. The minimum absolute atomic E-state index is 0.468. The van der Waals surface area contributed by atoms with Gasteiger partial charge in [0.25, 0.3) is 0 Å². The normalized spacial score (nSPS) is 26.5. The Hall–Kier alpha value is -0.600. The quantitative estimate of drug-likeness (QED) is 0.819. The molecule has 15 heavy (non-hydrogen) atoms. The molecule has 0 amide bonds. The van der Waals surface area contributed by atoms with E-state index in [0.717, 1.165) is 18.5 Å². The first-order chi connectivity index (χ1) is 7.18. The van der Waals surface area contributed by atoms with Gasteiger partial charge in [-0.3, -0.25) is 0 Å². The summed E-state index contributed by atoms with van der Waals surface area (Å²) in [5.41, 5.74) is -0.0582. The van der Waals surface area contributed by atoms with E-state index < -0.39 is 5.67 Å². The van der Waals surface area contributed by atoms with Crippen molar-refractivity contribution in [1.82, 2.24) is 5.32 Å². The van der Waals surface area contributed by atoms with Crippen LogP contribution in [0.25, 0.3) is 0 Å². The average molecular weight is 228 g/mol. The molecule has 1 aromatic rings. The molecule has 1 aliphatic heterocycles. The highest BCUT2D eigenvalue weighted by molar-refractivity contribution is 6.30. The number of rotatable bonds is 2. The van der Waals surface area contributed by atoms with Gasteiger partial charge in [0.15, 0.2) is 0 Å². The van der Waals surface area contributed by atoms with Crippen molar-refractivity contribution in [2.45, 2.75) is 24.9 Å². The molecule has 1 nitrogen and oxygen atoms in total. The molecule has 0 radical (unpaired) electrons. The van der Waals surface area contributed by atoms with Crippen LogP contribution in [0.2, 0.25) is 5.02 Å². The lowest BCUT2D eigenvalue weighted by Gasteiger charge is -2.30. The van der Waals surface area contributed by atoms with E-state index in [0.29, 0.717) is 24.4 Å². The molecule has 1 unspecified atom stereocenters. The monoisotopic (exact) mass is 227 g/mol. The van der Waals surface area contributed by atoms with Crippen LogP contribution in [0.15, 0.2) is 24.3 Å². The molecule has 1 fully saturated rings. The van der Waals surface area contributed by atoms with Crippen LogP contribution in [0.5, 0.6) is 0 Å². The van der Waals surface area contributed by atoms with Crippen molar-refractivity contribution in [2.75, 3.05) is 13.1 Å². The highest BCUT2D eigenvalue weighted by Gasteiger charge is 2.31. The fraction of sp³-hybridized carbons (Fsp3) is 0.500. The molecule has 0 aliphatic carbocycles. The topological polar surface area (TPSA) is 12.0 Å². The maximum absolute atomic E-state index is 14.3. The summed E-state index contributed by atoms with van der Waals surface area (Å²) in [5, 5.41) is 3.81. The molecule has 1 atom stereocenters. The van der Waals surface area contributed by atoms with Crippen molar-refractivity contribution >= 4 is 11.6 Å². The van der Waals surface area contributed by atoms with Gasteiger partial charge in [-0.05, 0) is 37.1 Å². The number of nitrogens with one attached hydrogen (secondary N) is 1. The number of hydrogen-bond donors (Lipinski definition) is 1. The van der Waals surface area contributed by atoms with Gasteiger partial charge in [-0.25, -0.2) is 4.39 Å². The molecule has 82 valence electrons. The van der Waals surface area contributed by atoms with Gasteiger partial charge in [0.1, 0.15) is 5.67 Å². The van der Waals surface area contributed by atoms with Crippen molar-refractivity contribution in [3.8, 4) is 0 Å². The van der Waals surface area contributed by atoms with Crippen molar-refractivity contribution in [2.24, 2.45) is 0 Å². The molecule has 1 N–H and O–H groups in total. The second-order valence-electron chi connectivity index (χ2n) is 4.23. The lowest BCUT2D eigenvalue weighted by molar-refractivity contribution is 0.122. The van der Waals surface area contributed by atoms with Crippen LogP contribution >= 0.6 is 11.6 Å². The molecular formula is C12H15ClFN. The Balaban J connectivity index is 2.03. The van der Waals surface area contributed by atoms with Gasteiger partial charge in [-0.1, -0.05) is 23.7 Å². The molecule has 1 aromatic carbocycles. The number of hydrogen-bond acceptors (Lipinski definition) is 1. The molecule has 1 aliphatic rings. The standard InChI is InChI=1S/C12H15ClFN/c13-11-4-2-10(3-5-11)8-12(14)6-1-7-15-9-12/h2-5,15H,1,6-9H2. The first-order valence-corrected chi connectivity index (χ1v) is 5.70. The smallest absolute Gasteiger partial charge is 0.127 e. The molecule has 3 heteroatoms.